The Morgan fingerprint density at radius 1 is 1.38 bits per heavy atom. The summed E-state index contributed by atoms with van der Waals surface area (Å²) < 4.78 is 0. The second-order valence-electron chi connectivity index (χ2n) is 6.27. The number of hydrogen-bond acceptors (Lipinski definition) is 5. The summed E-state index contributed by atoms with van der Waals surface area (Å²) in [5, 5.41) is 2.92. The molecule has 0 saturated carbocycles. The Hall–Kier alpha value is -2.15. The maximum absolute atomic E-state index is 12.2. The summed E-state index contributed by atoms with van der Waals surface area (Å²) in [4.78, 5) is 27.4. The molecule has 0 aliphatic carbocycles. The van der Waals surface area contributed by atoms with Crippen LogP contribution in [-0.2, 0) is 6.54 Å². The average Bonchev–Trinajstić information content (AvgIpc) is 2.58. The molecule has 0 radical (unpaired) electrons. The lowest BCUT2D eigenvalue weighted by Gasteiger charge is -2.32. The van der Waals surface area contributed by atoms with Crippen LogP contribution in [-0.4, -0.2) is 72.1 Å². The third-order valence-electron chi connectivity index (χ3n) is 4.04. The maximum atomic E-state index is 12.2. The third-order valence-corrected chi connectivity index (χ3v) is 4.04. The van der Waals surface area contributed by atoms with Crippen molar-refractivity contribution in [3.05, 3.63) is 30.1 Å². The van der Waals surface area contributed by atoms with Crippen molar-refractivity contribution in [3.8, 4) is 0 Å². The highest BCUT2D eigenvalue weighted by molar-refractivity contribution is 5.74. The van der Waals surface area contributed by atoms with Crippen LogP contribution >= 0.6 is 0 Å². The van der Waals surface area contributed by atoms with Crippen molar-refractivity contribution in [1.82, 2.24) is 25.1 Å². The number of carbonyl (C=O) groups excluding carboxylic acids is 1. The summed E-state index contributed by atoms with van der Waals surface area (Å²) in [5.41, 5.74) is 1.78. The lowest BCUT2D eigenvalue weighted by atomic mass is 10.3. The van der Waals surface area contributed by atoms with Gasteiger partial charge in [0.15, 0.2) is 0 Å². The second kappa shape index (κ2) is 8.63. The van der Waals surface area contributed by atoms with Gasteiger partial charge in [0.1, 0.15) is 0 Å². The zero-order chi connectivity index (χ0) is 17.5. The number of urea groups is 1. The van der Waals surface area contributed by atoms with Crippen LogP contribution in [0.3, 0.4) is 0 Å². The monoisotopic (exact) mass is 332 g/mol. The number of hydrogen-bond donors (Lipinski definition) is 1. The number of amides is 2. The molecule has 2 rings (SSSR count). The molecule has 2 amide bonds. The second-order valence-corrected chi connectivity index (χ2v) is 6.27. The van der Waals surface area contributed by atoms with Gasteiger partial charge in [0, 0.05) is 45.5 Å². The molecule has 1 aromatic rings. The minimum Gasteiger partial charge on any atom is -0.338 e. The predicted molar refractivity (Wildman–Crippen MR) is 96.0 cm³/mol. The SMILES string of the molecule is C=C(C)CN(CC)C(=O)NCc1ccnc(N2CCN(C)CC2)n1. The van der Waals surface area contributed by atoms with Crippen LogP contribution in [0.15, 0.2) is 24.4 Å². The zero-order valence-corrected chi connectivity index (χ0v) is 15.0. The summed E-state index contributed by atoms with van der Waals surface area (Å²) in [7, 11) is 2.12. The van der Waals surface area contributed by atoms with E-state index in [1.165, 1.54) is 0 Å². The molecule has 7 heteroatoms. The smallest absolute Gasteiger partial charge is 0.317 e. The minimum absolute atomic E-state index is 0.0970. The topological polar surface area (TPSA) is 64.6 Å². The highest BCUT2D eigenvalue weighted by Crippen LogP contribution is 2.10. The number of nitrogens with zero attached hydrogens (tertiary/aromatic N) is 5. The van der Waals surface area contributed by atoms with E-state index in [4.69, 9.17) is 0 Å². The molecule has 7 nitrogen and oxygen atoms in total. The average molecular weight is 332 g/mol. The van der Waals surface area contributed by atoms with Gasteiger partial charge in [-0.1, -0.05) is 12.2 Å². The number of nitrogens with one attached hydrogen (secondary N) is 1. The van der Waals surface area contributed by atoms with Crippen LogP contribution in [0.2, 0.25) is 0 Å². The molecule has 1 aromatic heterocycles. The van der Waals surface area contributed by atoms with E-state index in [-0.39, 0.29) is 6.03 Å². The van der Waals surface area contributed by atoms with E-state index < -0.39 is 0 Å². The number of anilines is 1. The van der Waals surface area contributed by atoms with Gasteiger partial charge in [-0.25, -0.2) is 14.8 Å². The number of piperazine rings is 1. The fourth-order valence-corrected chi connectivity index (χ4v) is 2.57. The molecule has 0 bridgehead atoms. The van der Waals surface area contributed by atoms with E-state index in [0.29, 0.717) is 19.6 Å². The van der Waals surface area contributed by atoms with Crippen molar-refractivity contribution in [3.63, 3.8) is 0 Å². The van der Waals surface area contributed by atoms with E-state index >= 15 is 0 Å². The van der Waals surface area contributed by atoms with Crippen LogP contribution in [0.5, 0.6) is 0 Å². The Kier molecular flexibility index (Phi) is 6.54. The van der Waals surface area contributed by atoms with Crippen molar-refractivity contribution < 1.29 is 4.79 Å². The van der Waals surface area contributed by atoms with Crippen LogP contribution in [0.1, 0.15) is 19.5 Å². The quantitative estimate of drug-likeness (QED) is 0.797. The molecule has 1 fully saturated rings. The van der Waals surface area contributed by atoms with Gasteiger partial charge >= 0.3 is 6.03 Å². The predicted octanol–water partition coefficient (Wildman–Crippen LogP) is 1.34. The summed E-state index contributed by atoms with van der Waals surface area (Å²) in [6.45, 7) is 13.2. The molecule has 2 heterocycles. The summed E-state index contributed by atoms with van der Waals surface area (Å²) in [6, 6.07) is 1.75. The summed E-state index contributed by atoms with van der Waals surface area (Å²) >= 11 is 0. The Balaban J connectivity index is 1.92. The fourth-order valence-electron chi connectivity index (χ4n) is 2.57. The first-order valence-electron chi connectivity index (χ1n) is 8.42. The van der Waals surface area contributed by atoms with Gasteiger partial charge in [-0.2, -0.15) is 0 Å². The highest BCUT2D eigenvalue weighted by atomic mass is 16.2. The summed E-state index contributed by atoms with van der Waals surface area (Å²) in [5.74, 6) is 0.740. The van der Waals surface area contributed by atoms with Gasteiger partial charge in [0.25, 0.3) is 0 Å². The molecular weight excluding hydrogens is 304 g/mol. The molecule has 1 saturated heterocycles. The molecule has 132 valence electrons. The van der Waals surface area contributed by atoms with Gasteiger partial charge in [0.2, 0.25) is 5.95 Å². The van der Waals surface area contributed by atoms with Crippen LogP contribution in [0.4, 0.5) is 10.7 Å². The first kappa shape index (κ1) is 18.2. The standard InChI is InChI=1S/C17H28N6O/c1-5-22(13-14(2)3)17(24)19-12-15-6-7-18-16(20-15)23-10-8-21(4)9-11-23/h6-7H,2,5,8-13H2,1,3-4H3,(H,19,24). The molecule has 0 atom stereocenters. The molecule has 1 N–H and O–H groups in total. The van der Waals surface area contributed by atoms with E-state index in [9.17, 15) is 4.79 Å². The zero-order valence-electron chi connectivity index (χ0n) is 15.0. The van der Waals surface area contributed by atoms with Crippen molar-refractivity contribution in [1.29, 1.82) is 0 Å². The highest BCUT2D eigenvalue weighted by Gasteiger charge is 2.17. The third kappa shape index (κ3) is 5.19. The van der Waals surface area contributed by atoms with Crippen molar-refractivity contribution in [2.24, 2.45) is 0 Å². The largest absolute Gasteiger partial charge is 0.338 e. The number of aromatic nitrogens is 2. The van der Waals surface area contributed by atoms with Gasteiger partial charge in [-0.05, 0) is 27.0 Å². The van der Waals surface area contributed by atoms with E-state index in [1.54, 1.807) is 11.1 Å². The summed E-state index contributed by atoms with van der Waals surface area (Å²) in [6.07, 6.45) is 1.76. The Labute approximate surface area is 144 Å². The number of rotatable bonds is 6. The van der Waals surface area contributed by atoms with E-state index in [2.05, 4.69) is 38.7 Å². The molecule has 1 aliphatic heterocycles. The minimum atomic E-state index is -0.0970. The normalized spacial score (nSPS) is 15.2. The lowest BCUT2D eigenvalue weighted by Crippen LogP contribution is -2.45. The molecule has 0 unspecified atom stereocenters. The molecule has 1 aliphatic rings. The lowest BCUT2D eigenvalue weighted by molar-refractivity contribution is 0.204. The van der Waals surface area contributed by atoms with Crippen molar-refractivity contribution >= 4 is 12.0 Å². The van der Waals surface area contributed by atoms with Crippen LogP contribution < -0.4 is 10.2 Å². The Morgan fingerprint density at radius 3 is 2.71 bits per heavy atom. The molecular formula is C17H28N6O. The number of carbonyl (C=O) groups is 1. The maximum Gasteiger partial charge on any atom is 0.317 e. The fraction of sp³-hybridized carbons (Fsp3) is 0.588. The van der Waals surface area contributed by atoms with Gasteiger partial charge in [-0.3, -0.25) is 0 Å². The Bertz CT molecular complexity index is 568. The van der Waals surface area contributed by atoms with Crippen LogP contribution in [0.25, 0.3) is 0 Å². The molecule has 24 heavy (non-hydrogen) atoms. The van der Waals surface area contributed by atoms with Gasteiger partial charge in [-0.15, -0.1) is 0 Å². The first-order valence-corrected chi connectivity index (χ1v) is 8.42. The van der Waals surface area contributed by atoms with E-state index in [1.807, 2.05) is 19.9 Å². The van der Waals surface area contributed by atoms with E-state index in [0.717, 1.165) is 43.4 Å². The molecule has 0 spiro atoms. The van der Waals surface area contributed by atoms with Crippen LogP contribution in [0, 0.1) is 0 Å². The van der Waals surface area contributed by atoms with Gasteiger partial charge < -0.3 is 20.0 Å². The van der Waals surface area contributed by atoms with Gasteiger partial charge in [0.05, 0.1) is 12.2 Å². The molecule has 0 aromatic carbocycles. The van der Waals surface area contributed by atoms with Crippen molar-refractivity contribution in [2.45, 2.75) is 20.4 Å². The van der Waals surface area contributed by atoms with Crippen molar-refractivity contribution in [2.75, 3.05) is 51.2 Å². The number of likely N-dealkylation sites (N-methyl/N-ethyl adjacent to an activating group) is 2. The first-order chi connectivity index (χ1) is 11.5. The Morgan fingerprint density at radius 2 is 2.08 bits per heavy atom.